The number of piperidine rings is 2. The Bertz CT molecular complexity index is 1110. The van der Waals surface area contributed by atoms with Crippen LogP contribution in [0.25, 0.3) is 0 Å². The molecule has 2 heterocycles. The van der Waals surface area contributed by atoms with Crippen molar-refractivity contribution in [3.63, 3.8) is 0 Å². The van der Waals surface area contributed by atoms with E-state index in [0.717, 1.165) is 25.7 Å². The maximum absolute atomic E-state index is 14.1. The molecule has 2 saturated carbocycles. The largest absolute Gasteiger partial charge is 0.459 e. The fourth-order valence-corrected chi connectivity index (χ4v) is 10.6. The van der Waals surface area contributed by atoms with Crippen molar-refractivity contribution in [2.75, 3.05) is 32.1 Å². The van der Waals surface area contributed by atoms with Crippen LogP contribution in [-0.4, -0.2) is 92.6 Å². The van der Waals surface area contributed by atoms with E-state index >= 15 is 0 Å². The number of nitrogens with zero attached hydrogens (tertiary/aromatic N) is 4. The van der Waals surface area contributed by atoms with E-state index in [1.807, 2.05) is 6.26 Å². The number of fused-ring (bicyclic) bond motifs is 2. The number of hydrogen-bond acceptors (Lipinski definition) is 5. The molecule has 3 unspecified atom stereocenters. The van der Waals surface area contributed by atoms with Crippen molar-refractivity contribution < 1.29 is 17.4 Å². The molecule has 5 nitrogen and oxygen atoms in total. The van der Waals surface area contributed by atoms with E-state index in [9.17, 15) is 17.4 Å². The molecule has 0 aromatic carbocycles. The highest BCUT2D eigenvalue weighted by Gasteiger charge is 2.70. The Morgan fingerprint density at radius 2 is 1.25 bits per heavy atom. The van der Waals surface area contributed by atoms with Crippen molar-refractivity contribution in [2.24, 2.45) is 26.0 Å². The Hall–Kier alpha value is -0.380. The van der Waals surface area contributed by atoms with Gasteiger partial charge in [0.2, 0.25) is 0 Å². The van der Waals surface area contributed by atoms with Crippen LogP contribution < -0.4 is 0 Å². The van der Waals surface area contributed by atoms with Crippen LogP contribution in [0.4, 0.5) is 13.2 Å². The highest BCUT2D eigenvalue weighted by atomic mass is 32.2. The monoisotopic (exact) mass is 590 g/mol. The Labute approximate surface area is 243 Å². The van der Waals surface area contributed by atoms with E-state index in [2.05, 4.69) is 86.0 Å². The molecule has 7 atom stereocenters. The highest BCUT2D eigenvalue weighted by Crippen LogP contribution is 2.65. The molecule has 0 amide bonds. The predicted octanol–water partition coefficient (Wildman–Crippen LogP) is 6.87. The Morgan fingerprint density at radius 3 is 1.70 bits per heavy atom. The first-order chi connectivity index (χ1) is 17.7. The lowest BCUT2D eigenvalue weighted by atomic mass is 9.80. The van der Waals surface area contributed by atoms with Crippen molar-refractivity contribution in [3.8, 4) is 0 Å². The molecule has 40 heavy (non-hydrogen) atoms. The van der Waals surface area contributed by atoms with Crippen LogP contribution in [0.15, 0.2) is 4.36 Å². The van der Waals surface area contributed by atoms with E-state index in [-0.39, 0.29) is 45.8 Å². The molecule has 2 aliphatic carbocycles. The summed E-state index contributed by atoms with van der Waals surface area (Å²) in [5, 5.41) is 0. The molecule has 9 heteroatoms. The van der Waals surface area contributed by atoms with Gasteiger partial charge in [0.05, 0.1) is 6.54 Å². The smallest absolute Gasteiger partial charge is 0.291 e. The molecular weight excluding hydrogens is 533 g/mol. The van der Waals surface area contributed by atoms with E-state index in [1.54, 1.807) is 0 Å². The number of alkyl halides is 3. The quantitative estimate of drug-likeness (QED) is 0.304. The lowest BCUT2D eigenvalue weighted by Crippen LogP contribution is -2.54. The van der Waals surface area contributed by atoms with E-state index in [1.165, 1.54) is 7.05 Å². The van der Waals surface area contributed by atoms with Crippen LogP contribution in [0.5, 0.6) is 0 Å². The normalized spacial score (nSPS) is 36.9. The van der Waals surface area contributed by atoms with Crippen molar-refractivity contribution in [1.29, 1.82) is 0 Å². The average Bonchev–Trinajstić information content (AvgIpc) is 3.51. The fourth-order valence-electron chi connectivity index (χ4n) is 8.47. The molecule has 0 N–H and O–H groups in total. The van der Waals surface area contributed by atoms with Gasteiger partial charge in [-0.15, -0.1) is 0 Å². The Kier molecular flexibility index (Phi) is 7.57. The SMILES string of the molecule is CN(C[C@]12CC1N(C(C)(C)CN=S(C)(=O)C[C@]13CC1N(C(C)(C)C)[C@H](C(C)(C)C)C3)[C@H](C(C)(C)C)C2)C(F)(F)F. The molecule has 0 radical (unpaired) electrons. The summed E-state index contributed by atoms with van der Waals surface area (Å²) in [4.78, 5) is 5.71. The van der Waals surface area contributed by atoms with Gasteiger partial charge in [-0.1, -0.05) is 41.5 Å². The van der Waals surface area contributed by atoms with Crippen LogP contribution in [0, 0.1) is 21.7 Å². The van der Waals surface area contributed by atoms with Gasteiger partial charge in [-0.2, -0.15) is 13.2 Å². The van der Waals surface area contributed by atoms with E-state index in [4.69, 9.17) is 4.36 Å². The number of likely N-dealkylation sites (tertiary alicyclic amines) is 2. The maximum atomic E-state index is 14.1. The highest BCUT2D eigenvalue weighted by molar-refractivity contribution is 7.92. The minimum atomic E-state index is -4.32. The first-order valence-corrected chi connectivity index (χ1v) is 17.3. The van der Waals surface area contributed by atoms with Crippen LogP contribution in [0.3, 0.4) is 0 Å². The summed E-state index contributed by atoms with van der Waals surface area (Å²) in [5.74, 6) is 0.631. The molecule has 4 rings (SSSR count). The van der Waals surface area contributed by atoms with Gasteiger partial charge >= 0.3 is 6.30 Å². The summed E-state index contributed by atoms with van der Waals surface area (Å²) in [6.07, 6.45) is 1.22. The minimum Gasteiger partial charge on any atom is -0.291 e. The number of hydrogen-bond donors (Lipinski definition) is 0. The van der Waals surface area contributed by atoms with Crippen LogP contribution in [0.2, 0.25) is 0 Å². The summed E-state index contributed by atoms with van der Waals surface area (Å²) < 4.78 is 59.4. The second-order valence-electron chi connectivity index (χ2n) is 17.8. The molecular formula is C31H57F3N4OS. The summed E-state index contributed by atoms with van der Waals surface area (Å²) in [6.45, 7) is 25.2. The van der Waals surface area contributed by atoms with Gasteiger partial charge in [0, 0.05) is 74.4 Å². The Morgan fingerprint density at radius 1 is 0.800 bits per heavy atom. The van der Waals surface area contributed by atoms with Crippen LogP contribution in [-0.2, 0) is 9.73 Å². The molecule has 4 fully saturated rings. The molecule has 4 aliphatic rings. The zero-order valence-corrected chi connectivity index (χ0v) is 28.3. The zero-order valence-electron chi connectivity index (χ0n) is 27.5. The van der Waals surface area contributed by atoms with Crippen molar-refractivity contribution >= 4 is 9.73 Å². The van der Waals surface area contributed by atoms with Gasteiger partial charge in [0.1, 0.15) is 0 Å². The van der Waals surface area contributed by atoms with Gasteiger partial charge in [-0.25, -0.2) is 9.26 Å². The van der Waals surface area contributed by atoms with Gasteiger partial charge < -0.3 is 0 Å². The van der Waals surface area contributed by atoms with Gasteiger partial charge in [0.25, 0.3) is 0 Å². The number of rotatable bonds is 7. The molecule has 0 spiro atoms. The van der Waals surface area contributed by atoms with Crippen molar-refractivity contribution in [1.82, 2.24) is 14.7 Å². The Balaban J connectivity index is 1.53. The first-order valence-electron chi connectivity index (χ1n) is 15.2. The third kappa shape index (κ3) is 6.01. The third-order valence-electron chi connectivity index (χ3n) is 10.6. The van der Waals surface area contributed by atoms with Gasteiger partial charge in [0.15, 0.2) is 0 Å². The predicted molar refractivity (Wildman–Crippen MR) is 160 cm³/mol. The zero-order chi connectivity index (χ0) is 30.7. The standard InChI is InChI=1S/C31H57F3N4OS/c1-25(2,3)21-15-30(17-24(30)37(21)27(7,8)9)20-40(13,39)35-18-28(10,11)38-22(26(4,5)6)14-29(16-23(29)38)19-36(12)31(32,33)34/h21-24H,14-20H2,1-13H3/t21-,22-,23?,24?,29-,30-,40?/m0/s1. The van der Waals surface area contributed by atoms with E-state index < -0.39 is 21.6 Å². The second-order valence-corrected chi connectivity index (χ2v) is 20.3. The third-order valence-corrected chi connectivity index (χ3v) is 12.4. The number of halogens is 3. The molecule has 2 aliphatic heterocycles. The second kappa shape index (κ2) is 9.31. The molecule has 234 valence electrons. The first kappa shape index (κ1) is 32.5. The minimum absolute atomic E-state index is 0.0329. The summed E-state index contributed by atoms with van der Waals surface area (Å²) in [5.41, 5.74) is -0.530. The average molecular weight is 591 g/mol. The maximum Gasteiger partial charge on any atom is 0.459 e. The lowest BCUT2D eigenvalue weighted by Gasteiger charge is -2.46. The van der Waals surface area contributed by atoms with Crippen molar-refractivity contribution in [2.45, 2.75) is 143 Å². The van der Waals surface area contributed by atoms with Crippen LogP contribution >= 0.6 is 0 Å². The summed E-state index contributed by atoms with van der Waals surface area (Å²) in [7, 11) is -1.26. The molecule has 0 aromatic heterocycles. The van der Waals surface area contributed by atoms with Crippen LogP contribution in [0.1, 0.15) is 102 Å². The summed E-state index contributed by atoms with van der Waals surface area (Å²) in [6, 6.07) is 1.17. The molecule has 2 saturated heterocycles. The summed E-state index contributed by atoms with van der Waals surface area (Å²) >= 11 is 0. The van der Waals surface area contributed by atoms with Crippen molar-refractivity contribution in [3.05, 3.63) is 0 Å². The fraction of sp³-hybridized carbons (Fsp3) is 1.00. The van der Waals surface area contributed by atoms with Gasteiger partial charge in [-0.05, 0) is 78.2 Å². The lowest BCUT2D eigenvalue weighted by molar-refractivity contribution is -0.240. The molecule has 0 aromatic rings. The topological polar surface area (TPSA) is 39.1 Å². The van der Waals surface area contributed by atoms with Gasteiger partial charge in [-0.3, -0.25) is 14.0 Å². The molecule has 0 bridgehead atoms. The van der Waals surface area contributed by atoms with E-state index in [0.29, 0.717) is 29.3 Å².